The van der Waals surface area contributed by atoms with Crippen molar-refractivity contribution < 1.29 is 32.9 Å². The molecule has 3 aliphatic heterocycles. The lowest BCUT2D eigenvalue weighted by molar-refractivity contribution is 0.107. The molecule has 4 aromatic rings. The molecule has 2 fully saturated rings. The Morgan fingerprint density at radius 2 is 2.09 bits per heavy atom. The Kier molecular flexibility index (Phi) is 6.48. The summed E-state index contributed by atoms with van der Waals surface area (Å²) in [5, 5.41) is 24.6. The first-order valence-corrected chi connectivity index (χ1v) is 14.1. The summed E-state index contributed by atoms with van der Waals surface area (Å²) in [6, 6.07) is 4.46. The topological polar surface area (TPSA) is 113 Å². The van der Waals surface area contributed by atoms with Gasteiger partial charge in [0.25, 0.3) is 0 Å². The van der Waals surface area contributed by atoms with Crippen molar-refractivity contribution in [3.05, 3.63) is 41.5 Å². The molecule has 0 bridgehead atoms. The number of hydrogen-bond donors (Lipinski definition) is 3. The van der Waals surface area contributed by atoms with Crippen LogP contribution in [0.1, 0.15) is 31.7 Å². The first-order chi connectivity index (χ1) is 20.7. The van der Waals surface area contributed by atoms with Crippen molar-refractivity contribution >= 4 is 27.5 Å². The summed E-state index contributed by atoms with van der Waals surface area (Å²) in [5.74, 6) is 0.626. The molecule has 9 nitrogen and oxygen atoms in total. The Balaban J connectivity index is 1.42. The van der Waals surface area contributed by atoms with Gasteiger partial charge >= 0.3 is 6.01 Å². The van der Waals surface area contributed by atoms with E-state index < -0.39 is 35.5 Å². The molecule has 5 heterocycles. The van der Waals surface area contributed by atoms with E-state index in [2.05, 4.69) is 31.1 Å². The number of pyridine rings is 1. The van der Waals surface area contributed by atoms with Crippen molar-refractivity contribution in [1.82, 2.24) is 19.9 Å². The molecule has 3 N–H and O–H groups in total. The first kappa shape index (κ1) is 27.5. The number of aliphatic hydroxyl groups is 1. The van der Waals surface area contributed by atoms with Crippen LogP contribution in [0.3, 0.4) is 0 Å². The summed E-state index contributed by atoms with van der Waals surface area (Å²) in [7, 11) is 0. The fourth-order valence-corrected chi connectivity index (χ4v) is 6.62. The summed E-state index contributed by atoms with van der Waals surface area (Å²) in [6.45, 7) is 2.75. The van der Waals surface area contributed by atoms with Gasteiger partial charge in [-0.25, -0.2) is 18.2 Å². The van der Waals surface area contributed by atoms with Gasteiger partial charge in [-0.2, -0.15) is 9.97 Å². The van der Waals surface area contributed by atoms with E-state index in [0.29, 0.717) is 18.4 Å². The highest BCUT2D eigenvalue weighted by atomic mass is 19.1. The summed E-state index contributed by atoms with van der Waals surface area (Å²) >= 11 is 0. The molecule has 0 radical (unpaired) electrons. The number of alkyl halides is 1. The van der Waals surface area contributed by atoms with Crippen LogP contribution in [0, 0.1) is 24.0 Å². The van der Waals surface area contributed by atoms with Crippen LogP contribution in [0.15, 0.2) is 24.3 Å². The highest BCUT2D eigenvalue weighted by Crippen LogP contribution is 2.43. The maximum atomic E-state index is 16.6. The molecule has 12 heteroatoms. The van der Waals surface area contributed by atoms with Crippen molar-refractivity contribution in [2.45, 2.75) is 50.0 Å². The zero-order valence-corrected chi connectivity index (χ0v) is 23.2. The number of nitrogens with zero attached hydrogens (tertiary/aromatic N) is 4. The van der Waals surface area contributed by atoms with Gasteiger partial charge in [0.2, 0.25) is 5.88 Å². The third-order valence-corrected chi connectivity index (χ3v) is 8.72. The number of benzene rings is 2. The van der Waals surface area contributed by atoms with Gasteiger partial charge in [0.15, 0.2) is 5.82 Å². The fourth-order valence-electron chi connectivity index (χ4n) is 6.62. The molecule has 2 aromatic carbocycles. The third kappa shape index (κ3) is 4.46. The molecule has 0 aliphatic carbocycles. The van der Waals surface area contributed by atoms with Crippen LogP contribution in [0.5, 0.6) is 17.6 Å². The summed E-state index contributed by atoms with van der Waals surface area (Å²) < 4.78 is 57.8. The van der Waals surface area contributed by atoms with Gasteiger partial charge in [-0.05, 0) is 49.9 Å². The molecule has 0 spiro atoms. The number of phenolic OH excluding ortho intramolecular Hbond substituents is 1. The fraction of sp³-hybridized carbons (Fsp3) is 0.387. The number of aromatic hydroxyl groups is 1. The Hall–Kier alpha value is -4.34. The van der Waals surface area contributed by atoms with E-state index in [1.165, 1.54) is 24.3 Å². The van der Waals surface area contributed by atoms with Crippen LogP contribution in [-0.2, 0) is 0 Å². The molecule has 4 atom stereocenters. The second kappa shape index (κ2) is 10.1. The summed E-state index contributed by atoms with van der Waals surface area (Å²) in [6.07, 6.45) is 5.81. The number of phenols is 1. The summed E-state index contributed by atoms with van der Waals surface area (Å²) in [5.41, 5.74) is -1.06. The van der Waals surface area contributed by atoms with Crippen molar-refractivity contribution in [2.24, 2.45) is 0 Å². The number of aliphatic hydroxyl groups excluding tert-OH is 1. The smallest absolute Gasteiger partial charge is 0.319 e. The predicted octanol–water partition coefficient (Wildman–Crippen LogP) is 4.32. The maximum Gasteiger partial charge on any atom is 0.319 e. The number of hydrogen-bond acceptors (Lipinski definition) is 9. The predicted molar refractivity (Wildman–Crippen MR) is 153 cm³/mol. The number of ether oxygens (including phenoxy) is 2. The van der Waals surface area contributed by atoms with Gasteiger partial charge in [-0.15, -0.1) is 6.42 Å². The van der Waals surface area contributed by atoms with Crippen LogP contribution in [0.2, 0.25) is 0 Å². The molecule has 0 saturated carbocycles. The van der Waals surface area contributed by atoms with Crippen LogP contribution in [0.25, 0.3) is 32.9 Å². The van der Waals surface area contributed by atoms with Crippen molar-refractivity contribution in [3.63, 3.8) is 0 Å². The molecule has 7 rings (SSSR count). The second-order valence-corrected chi connectivity index (χ2v) is 11.5. The lowest BCUT2D eigenvalue weighted by Gasteiger charge is -2.30. The van der Waals surface area contributed by atoms with Gasteiger partial charge in [0.05, 0.1) is 23.2 Å². The Morgan fingerprint density at radius 3 is 2.88 bits per heavy atom. The minimum atomic E-state index is -0.958. The number of rotatable bonds is 5. The van der Waals surface area contributed by atoms with E-state index in [0.717, 1.165) is 19.4 Å². The molecule has 43 heavy (non-hydrogen) atoms. The number of halogens is 3. The quantitative estimate of drug-likeness (QED) is 0.292. The van der Waals surface area contributed by atoms with E-state index in [-0.39, 0.29) is 69.8 Å². The van der Waals surface area contributed by atoms with Crippen LogP contribution >= 0.6 is 0 Å². The van der Waals surface area contributed by atoms with Gasteiger partial charge < -0.3 is 25.0 Å². The maximum absolute atomic E-state index is 16.6. The SMILES string of the molecule is C#Cc1c(F)ccc2cc(O)cc(-c3nc4c5c(nc(OC[C@@]67CCCN6C[C@H](F)C7)nc5c3F)N[C@@H]([C@@H](C)O)CO4)c12. The van der Waals surface area contributed by atoms with Gasteiger partial charge in [0, 0.05) is 23.9 Å². The average Bonchev–Trinajstić information content (AvgIpc) is 3.43. The number of nitrogens with one attached hydrogen (secondary N) is 1. The minimum Gasteiger partial charge on any atom is -0.508 e. The highest BCUT2D eigenvalue weighted by molar-refractivity contribution is 6.04. The van der Waals surface area contributed by atoms with E-state index in [4.69, 9.17) is 15.9 Å². The van der Waals surface area contributed by atoms with E-state index >= 15 is 4.39 Å². The molecular formula is C31H28F3N5O4. The molecule has 3 aliphatic rings. The molecule has 222 valence electrons. The number of fused-ring (bicyclic) bond motifs is 2. The third-order valence-electron chi connectivity index (χ3n) is 8.72. The van der Waals surface area contributed by atoms with E-state index in [9.17, 15) is 19.0 Å². The Bertz CT molecular complexity index is 1830. The minimum absolute atomic E-state index is 0.0321. The monoisotopic (exact) mass is 591 g/mol. The molecule has 2 aromatic heterocycles. The standard InChI is InChI=1S/C31H28F3N5O4/c1-3-19-21(33)6-5-16-9-18(41)10-20(23(16)19)26-25(34)27-24-28(35-22(15(2)40)13-42-29(24)36-26)38-30(37-27)43-14-31-7-4-8-39(31)12-17(32)11-31/h1,5-6,9-10,15,17,22,40-41H,4,7-8,11-14H2,2H3,(H,35,37,38)/t15-,17-,22-,31+/m1/s1. The van der Waals surface area contributed by atoms with Crippen molar-refractivity contribution in [3.8, 4) is 41.2 Å². The van der Waals surface area contributed by atoms with Crippen LogP contribution in [0.4, 0.5) is 19.0 Å². The normalized spacial score (nSPS) is 23.8. The van der Waals surface area contributed by atoms with Crippen molar-refractivity contribution in [1.29, 1.82) is 0 Å². The average molecular weight is 592 g/mol. The lowest BCUT2D eigenvalue weighted by Crippen LogP contribution is -2.43. The van der Waals surface area contributed by atoms with Crippen molar-refractivity contribution in [2.75, 3.05) is 31.6 Å². The zero-order chi connectivity index (χ0) is 30.0. The highest BCUT2D eigenvalue weighted by Gasteiger charge is 2.49. The molecule has 0 unspecified atom stereocenters. The molecular weight excluding hydrogens is 563 g/mol. The lowest BCUT2D eigenvalue weighted by atomic mass is 9.95. The first-order valence-electron chi connectivity index (χ1n) is 14.1. The largest absolute Gasteiger partial charge is 0.508 e. The van der Waals surface area contributed by atoms with E-state index in [1.54, 1.807) is 6.92 Å². The Morgan fingerprint density at radius 1 is 1.26 bits per heavy atom. The molecule has 0 amide bonds. The number of anilines is 1. The van der Waals surface area contributed by atoms with Gasteiger partial charge in [-0.1, -0.05) is 12.0 Å². The van der Waals surface area contributed by atoms with Gasteiger partial charge in [-0.3, -0.25) is 4.90 Å². The zero-order valence-electron chi connectivity index (χ0n) is 23.2. The summed E-state index contributed by atoms with van der Waals surface area (Å²) in [4.78, 5) is 15.4. The number of terminal acetylenes is 1. The van der Waals surface area contributed by atoms with Gasteiger partial charge in [0.1, 0.15) is 53.4 Å². The van der Waals surface area contributed by atoms with Crippen LogP contribution in [-0.4, -0.2) is 80.2 Å². The second-order valence-electron chi connectivity index (χ2n) is 11.5. The number of aromatic nitrogens is 3. The molecule has 2 saturated heterocycles. The van der Waals surface area contributed by atoms with Crippen LogP contribution < -0.4 is 14.8 Å². The van der Waals surface area contributed by atoms with E-state index in [1.807, 2.05) is 0 Å². The Labute approximate surface area is 244 Å².